The molecule has 0 saturated carbocycles. The lowest BCUT2D eigenvalue weighted by Crippen LogP contribution is -2.19. The molecule has 2 heterocycles. The van der Waals surface area contributed by atoms with Crippen LogP contribution in [0.4, 0.5) is 5.69 Å². The number of nitrogens with zero attached hydrogens (tertiary/aromatic N) is 1. The van der Waals surface area contributed by atoms with Gasteiger partial charge in [-0.15, -0.1) is 0 Å². The third-order valence-corrected chi connectivity index (χ3v) is 7.35. The molecule has 1 aliphatic rings. The van der Waals surface area contributed by atoms with E-state index in [1.165, 1.54) is 29.1 Å². The lowest BCUT2D eigenvalue weighted by Gasteiger charge is -2.01. The highest BCUT2D eigenvalue weighted by molar-refractivity contribution is 9.10. The molecule has 0 spiro atoms. The molecular weight excluding hydrogens is 504 g/mol. The van der Waals surface area contributed by atoms with Crippen molar-refractivity contribution in [2.45, 2.75) is 23.8 Å². The molecule has 8 heteroatoms. The minimum atomic E-state index is -0.193. The van der Waals surface area contributed by atoms with Crippen LogP contribution in [0, 0.1) is 13.8 Å². The number of benzene rings is 2. The number of halogens is 2. The largest absolute Gasteiger partial charge is 0.449 e. The molecule has 1 N–H and O–H groups in total. The number of hydrogen-bond donors (Lipinski definition) is 1. The van der Waals surface area contributed by atoms with Crippen molar-refractivity contribution in [1.29, 1.82) is 0 Å². The van der Waals surface area contributed by atoms with Crippen molar-refractivity contribution in [3.8, 4) is 0 Å². The third kappa shape index (κ3) is 5.03. The molecule has 1 aliphatic heterocycles. The number of carbonyl (C=O) groups is 1. The molecule has 1 aromatic heterocycles. The summed E-state index contributed by atoms with van der Waals surface area (Å²) in [5.74, 6) is 0.394. The van der Waals surface area contributed by atoms with E-state index in [4.69, 9.17) is 16.0 Å². The van der Waals surface area contributed by atoms with Gasteiger partial charge in [-0.1, -0.05) is 29.4 Å². The second kappa shape index (κ2) is 9.06. The SMILES string of the molecule is Cc1ccc(N=C2NC(=O)/C(=C/c3cc(Br)c(Sc4ccc(Cl)cc4)o3)S2)cc1C. The van der Waals surface area contributed by atoms with E-state index in [2.05, 4.69) is 33.2 Å². The molecule has 3 aromatic rings. The summed E-state index contributed by atoms with van der Waals surface area (Å²) < 4.78 is 6.74. The summed E-state index contributed by atoms with van der Waals surface area (Å²) in [6.45, 7) is 4.10. The van der Waals surface area contributed by atoms with Gasteiger partial charge in [-0.25, -0.2) is 4.99 Å². The van der Waals surface area contributed by atoms with E-state index < -0.39 is 0 Å². The van der Waals surface area contributed by atoms with Crippen molar-refractivity contribution in [1.82, 2.24) is 5.32 Å². The van der Waals surface area contributed by atoms with Gasteiger partial charge in [0.05, 0.1) is 15.1 Å². The molecule has 0 radical (unpaired) electrons. The monoisotopic (exact) mass is 518 g/mol. The zero-order chi connectivity index (χ0) is 21.3. The van der Waals surface area contributed by atoms with Crippen LogP contribution in [-0.4, -0.2) is 11.1 Å². The molecule has 0 bridgehead atoms. The molecule has 152 valence electrons. The summed E-state index contributed by atoms with van der Waals surface area (Å²) >= 11 is 12.2. The van der Waals surface area contributed by atoms with Crippen LogP contribution in [0.5, 0.6) is 0 Å². The number of carbonyl (C=O) groups excluding carboxylic acids is 1. The normalized spacial score (nSPS) is 16.5. The summed E-state index contributed by atoms with van der Waals surface area (Å²) in [6, 6.07) is 15.3. The summed E-state index contributed by atoms with van der Waals surface area (Å²) in [7, 11) is 0. The Morgan fingerprint density at radius 1 is 1.13 bits per heavy atom. The summed E-state index contributed by atoms with van der Waals surface area (Å²) in [6.07, 6.45) is 1.72. The van der Waals surface area contributed by atoms with Crippen molar-refractivity contribution in [2.75, 3.05) is 0 Å². The molecule has 1 fully saturated rings. The molecule has 2 aromatic carbocycles. The number of amidine groups is 1. The Balaban J connectivity index is 1.52. The number of aryl methyl sites for hydroxylation is 2. The van der Waals surface area contributed by atoms with E-state index in [0.29, 0.717) is 25.9 Å². The minimum absolute atomic E-state index is 0.193. The molecule has 4 nitrogen and oxygen atoms in total. The fourth-order valence-electron chi connectivity index (χ4n) is 2.64. The smallest absolute Gasteiger partial charge is 0.264 e. The molecule has 30 heavy (non-hydrogen) atoms. The molecule has 1 amide bonds. The highest BCUT2D eigenvalue weighted by Crippen LogP contribution is 2.38. The maximum Gasteiger partial charge on any atom is 0.264 e. The van der Waals surface area contributed by atoms with E-state index >= 15 is 0 Å². The fraction of sp³-hybridized carbons (Fsp3) is 0.0909. The van der Waals surface area contributed by atoms with Gasteiger partial charge in [0.25, 0.3) is 5.91 Å². The summed E-state index contributed by atoms with van der Waals surface area (Å²) in [4.78, 5) is 18.4. The Morgan fingerprint density at radius 2 is 1.90 bits per heavy atom. The van der Waals surface area contributed by atoms with Crippen molar-refractivity contribution in [3.05, 3.63) is 79.8 Å². The number of amides is 1. The van der Waals surface area contributed by atoms with E-state index in [-0.39, 0.29) is 5.91 Å². The van der Waals surface area contributed by atoms with Crippen LogP contribution in [0.3, 0.4) is 0 Å². The number of nitrogens with one attached hydrogen (secondary N) is 1. The fourth-order valence-corrected chi connectivity index (χ4v) is 4.92. The Hall–Kier alpha value is -1.93. The highest BCUT2D eigenvalue weighted by atomic mass is 79.9. The third-order valence-electron chi connectivity index (χ3n) is 4.34. The zero-order valence-corrected chi connectivity index (χ0v) is 20.0. The van der Waals surface area contributed by atoms with E-state index in [0.717, 1.165) is 20.6 Å². The van der Waals surface area contributed by atoms with Gasteiger partial charge >= 0.3 is 0 Å². The van der Waals surface area contributed by atoms with Gasteiger partial charge in [0.2, 0.25) is 0 Å². The Labute approximate surface area is 196 Å². The van der Waals surface area contributed by atoms with Crippen LogP contribution in [-0.2, 0) is 4.79 Å². The number of hydrogen-bond acceptors (Lipinski definition) is 5. The van der Waals surface area contributed by atoms with Gasteiger partial charge in [-0.2, -0.15) is 0 Å². The predicted molar refractivity (Wildman–Crippen MR) is 129 cm³/mol. The first-order valence-corrected chi connectivity index (χ1v) is 11.8. The Kier molecular flexibility index (Phi) is 6.43. The first-order chi connectivity index (χ1) is 14.4. The molecule has 0 unspecified atom stereocenters. The quantitative estimate of drug-likeness (QED) is 0.366. The molecule has 1 saturated heterocycles. The average Bonchev–Trinajstić information content (AvgIpc) is 3.22. The van der Waals surface area contributed by atoms with Gasteiger partial charge < -0.3 is 9.73 Å². The van der Waals surface area contributed by atoms with Gasteiger partial charge in [0.15, 0.2) is 10.3 Å². The highest BCUT2D eigenvalue weighted by Gasteiger charge is 2.24. The molecule has 4 rings (SSSR count). The molecule has 0 atom stereocenters. The first-order valence-electron chi connectivity index (χ1n) is 8.97. The predicted octanol–water partition coefficient (Wildman–Crippen LogP) is 7.36. The van der Waals surface area contributed by atoms with Crippen LogP contribution in [0.15, 0.2) is 77.3 Å². The van der Waals surface area contributed by atoms with E-state index in [9.17, 15) is 4.79 Å². The van der Waals surface area contributed by atoms with Crippen molar-refractivity contribution < 1.29 is 9.21 Å². The zero-order valence-electron chi connectivity index (χ0n) is 16.0. The topological polar surface area (TPSA) is 54.6 Å². The summed E-state index contributed by atoms with van der Waals surface area (Å²) in [5, 5.41) is 4.75. The van der Waals surface area contributed by atoms with Crippen molar-refractivity contribution >= 4 is 73.9 Å². The summed E-state index contributed by atoms with van der Waals surface area (Å²) in [5.41, 5.74) is 3.18. The number of furan rings is 1. The van der Waals surface area contributed by atoms with Gasteiger partial charge in [0, 0.05) is 16.0 Å². The second-order valence-corrected chi connectivity index (χ2v) is 9.96. The van der Waals surface area contributed by atoms with Crippen molar-refractivity contribution in [3.63, 3.8) is 0 Å². The Morgan fingerprint density at radius 3 is 2.63 bits per heavy atom. The number of aliphatic imine (C=N–C) groups is 1. The van der Waals surface area contributed by atoms with E-state index in [1.807, 2.05) is 55.5 Å². The van der Waals surface area contributed by atoms with E-state index in [1.54, 1.807) is 6.08 Å². The van der Waals surface area contributed by atoms with Crippen LogP contribution >= 0.6 is 51.1 Å². The molecular formula is C22H16BrClN2O2S2. The van der Waals surface area contributed by atoms with Gasteiger partial charge in [-0.05, 0) is 95.1 Å². The van der Waals surface area contributed by atoms with Gasteiger partial charge in [-0.3, -0.25) is 4.79 Å². The number of rotatable bonds is 4. The van der Waals surface area contributed by atoms with Crippen LogP contribution in [0.2, 0.25) is 5.02 Å². The van der Waals surface area contributed by atoms with Crippen LogP contribution in [0.1, 0.15) is 16.9 Å². The molecule has 0 aliphatic carbocycles. The maximum absolute atomic E-state index is 12.4. The van der Waals surface area contributed by atoms with Gasteiger partial charge in [0.1, 0.15) is 5.76 Å². The standard InChI is InChI=1S/C22H16BrClN2O2S2/c1-12-3-6-15(9-13(12)2)25-22-26-20(27)19(30-22)11-16-10-18(23)21(28-16)29-17-7-4-14(24)5-8-17/h3-11H,1-2H3,(H,25,26,27)/b19-11-. The number of thioether (sulfide) groups is 1. The lowest BCUT2D eigenvalue weighted by atomic mass is 10.1. The maximum atomic E-state index is 12.4. The second-order valence-electron chi connectivity index (χ2n) is 6.59. The average molecular weight is 520 g/mol. The van der Waals surface area contributed by atoms with Crippen molar-refractivity contribution in [2.24, 2.45) is 4.99 Å². The Bertz CT molecular complexity index is 1190. The first kappa shape index (κ1) is 21.3. The lowest BCUT2D eigenvalue weighted by molar-refractivity contribution is -0.115. The van der Waals surface area contributed by atoms with Crippen LogP contribution in [0.25, 0.3) is 6.08 Å². The minimum Gasteiger partial charge on any atom is -0.449 e. The van der Waals surface area contributed by atoms with Crippen LogP contribution < -0.4 is 5.32 Å².